The number of thioether (sulfide) groups is 1. The van der Waals surface area contributed by atoms with Crippen molar-refractivity contribution in [2.75, 3.05) is 29.5 Å². The van der Waals surface area contributed by atoms with Gasteiger partial charge in [-0.15, -0.1) is 11.3 Å². The Balaban J connectivity index is 1.48. The maximum Gasteiger partial charge on any atom is 0.233 e. The van der Waals surface area contributed by atoms with Gasteiger partial charge in [-0.2, -0.15) is 0 Å². The van der Waals surface area contributed by atoms with E-state index in [1.165, 1.54) is 35.0 Å². The van der Waals surface area contributed by atoms with Crippen LogP contribution in [0.2, 0.25) is 0 Å². The van der Waals surface area contributed by atoms with Gasteiger partial charge in [0.2, 0.25) is 5.91 Å². The fraction of sp³-hybridized carbons (Fsp3) is 0.611. The molecule has 2 N–H and O–H groups in total. The first-order valence-corrected chi connectivity index (χ1v) is 13.2. The van der Waals surface area contributed by atoms with E-state index in [1.807, 2.05) is 6.92 Å². The zero-order valence-corrected chi connectivity index (χ0v) is 18.3. The Morgan fingerprint density at radius 1 is 1.32 bits per heavy atom. The number of nitrogens with two attached hydrogens (primary N) is 1. The van der Waals surface area contributed by atoms with Crippen LogP contribution in [0.15, 0.2) is 5.16 Å². The van der Waals surface area contributed by atoms with E-state index in [2.05, 4.69) is 9.97 Å². The lowest BCUT2D eigenvalue weighted by atomic mass is 9.97. The summed E-state index contributed by atoms with van der Waals surface area (Å²) in [5.74, 6) is 0.817. The summed E-state index contributed by atoms with van der Waals surface area (Å²) in [5, 5.41) is 1.49. The zero-order chi connectivity index (χ0) is 19.9. The van der Waals surface area contributed by atoms with Gasteiger partial charge in [-0.05, 0) is 44.6 Å². The highest BCUT2D eigenvalue weighted by molar-refractivity contribution is 7.99. The third kappa shape index (κ3) is 3.86. The minimum absolute atomic E-state index is 0.0629. The second-order valence-corrected chi connectivity index (χ2v) is 11.6. The second kappa shape index (κ2) is 7.79. The summed E-state index contributed by atoms with van der Waals surface area (Å²) in [6.07, 6.45) is 5.00. The van der Waals surface area contributed by atoms with Crippen LogP contribution in [0, 0.1) is 0 Å². The van der Waals surface area contributed by atoms with Gasteiger partial charge in [0.1, 0.15) is 10.6 Å². The van der Waals surface area contributed by atoms with Gasteiger partial charge in [-0.3, -0.25) is 4.79 Å². The lowest BCUT2D eigenvalue weighted by Gasteiger charge is -2.26. The summed E-state index contributed by atoms with van der Waals surface area (Å²) in [6, 6.07) is -0.222. The van der Waals surface area contributed by atoms with Crippen molar-refractivity contribution in [1.29, 1.82) is 0 Å². The number of nitrogens with zero attached hydrogens (tertiary/aromatic N) is 3. The van der Waals surface area contributed by atoms with Gasteiger partial charge in [0.25, 0.3) is 0 Å². The number of rotatable bonds is 5. The van der Waals surface area contributed by atoms with Crippen LogP contribution < -0.4 is 5.73 Å². The maximum atomic E-state index is 12.7. The van der Waals surface area contributed by atoms with Gasteiger partial charge in [0, 0.05) is 17.5 Å². The largest absolute Gasteiger partial charge is 0.383 e. The van der Waals surface area contributed by atoms with Crippen molar-refractivity contribution in [3.05, 3.63) is 10.4 Å². The van der Waals surface area contributed by atoms with E-state index in [1.54, 1.807) is 16.2 Å². The summed E-state index contributed by atoms with van der Waals surface area (Å²) >= 11 is 2.96. The Kier molecular flexibility index (Phi) is 5.54. The minimum Gasteiger partial charge on any atom is -0.383 e. The number of nitrogen functional groups attached to an aromatic ring is 1. The number of hydrogen-bond donors (Lipinski definition) is 1. The number of carbonyl (C=O) groups excluding carboxylic acids is 1. The summed E-state index contributed by atoms with van der Waals surface area (Å²) in [7, 11) is -3.02. The molecule has 10 heteroatoms. The van der Waals surface area contributed by atoms with Crippen LogP contribution in [-0.2, 0) is 27.5 Å². The van der Waals surface area contributed by atoms with Gasteiger partial charge in [0.05, 0.1) is 22.6 Å². The monoisotopic (exact) mass is 440 g/mol. The quantitative estimate of drug-likeness (QED) is 0.561. The van der Waals surface area contributed by atoms with Gasteiger partial charge < -0.3 is 10.6 Å². The third-order valence-electron chi connectivity index (χ3n) is 5.46. The molecule has 2 aromatic rings. The number of thiophene rings is 1. The number of hydrogen-bond acceptors (Lipinski definition) is 8. The van der Waals surface area contributed by atoms with Crippen LogP contribution in [0.1, 0.15) is 36.6 Å². The van der Waals surface area contributed by atoms with Crippen LogP contribution in [0.25, 0.3) is 10.2 Å². The van der Waals surface area contributed by atoms with Crippen LogP contribution in [0.4, 0.5) is 5.82 Å². The summed E-state index contributed by atoms with van der Waals surface area (Å²) < 4.78 is 23.5. The molecule has 1 unspecified atom stereocenters. The Morgan fingerprint density at radius 2 is 2.11 bits per heavy atom. The number of carbonyl (C=O) groups is 1. The molecule has 152 valence electrons. The summed E-state index contributed by atoms with van der Waals surface area (Å²) in [6.45, 7) is 2.38. The van der Waals surface area contributed by atoms with E-state index in [9.17, 15) is 13.2 Å². The third-order valence-corrected chi connectivity index (χ3v) is 9.23. The number of anilines is 1. The molecular weight excluding hydrogens is 416 g/mol. The molecule has 0 spiro atoms. The molecule has 28 heavy (non-hydrogen) atoms. The van der Waals surface area contributed by atoms with Crippen molar-refractivity contribution in [1.82, 2.24) is 14.9 Å². The maximum absolute atomic E-state index is 12.7. The van der Waals surface area contributed by atoms with Gasteiger partial charge >= 0.3 is 0 Å². The van der Waals surface area contributed by atoms with Crippen molar-refractivity contribution < 1.29 is 13.2 Å². The second-order valence-electron chi connectivity index (χ2n) is 7.31. The first-order valence-electron chi connectivity index (χ1n) is 9.58. The fourth-order valence-electron chi connectivity index (χ4n) is 4.10. The highest BCUT2D eigenvalue weighted by atomic mass is 32.2. The van der Waals surface area contributed by atoms with Gasteiger partial charge in [-0.1, -0.05) is 11.8 Å². The van der Waals surface area contributed by atoms with Gasteiger partial charge in [-0.25, -0.2) is 18.4 Å². The van der Waals surface area contributed by atoms with Crippen molar-refractivity contribution in [3.63, 3.8) is 0 Å². The molecule has 7 nitrogen and oxygen atoms in total. The molecule has 4 rings (SSSR count). The standard InChI is InChI=1S/C18H24N4O3S3/c1-2-22(11-7-8-28(24,25)10-11)14(23)9-26-18-20-16(19)15-12-5-3-4-6-13(12)27-17(15)21-18/h11H,2-10H2,1H3,(H2,19,20,21). The van der Waals surface area contributed by atoms with E-state index in [-0.39, 0.29) is 29.2 Å². The van der Waals surface area contributed by atoms with Crippen molar-refractivity contribution in [3.8, 4) is 0 Å². The molecule has 3 heterocycles. The number of sulfone groups is 1. The molecule has 1 atom stereocenters. The summed E-state index contributed by atoms with van der Waals surface area (Å²) in [5.41, 5.74) is 7.53. The number of amides is 1. The average Bonchev–Trinajstić information content (AvgIpc) is 3.20. The molecule has 0 aromatic carbocycles. The van der Waals surface area contributed by atoms with Crippen LogP contribution in [0.3, 0.4) is 0 Å². The van der Waals surface area contributed by atoms with E-state index >= 15 is 0 Å². The highest BCUT2D eigenvalue weighted by Crippen LogP contribution is 2.38. The minimum atomic E-state index is -3.02. The smallest absolute Gasteiger partial charge is 0.233 e. The van der Waals surface area contributed by atoms with Crippen LogP contribution >= 0.6 is 23.1 Å². The number of aromatic nitrogens is 2. The fourth-order valence-corrected chi connectivity index (χ4v) is 7.89. The molecule has 1 saturated heterocycles. The first kappa shape index (κ1) is 19.9. The number of fused-ring (bicyclic) bond motifs is 3. The molecule has 1 aliphatic carbocycles. The van der Waals surface area contributed by atoms with Crippen molar-refractivity contribution in [2.45, 2.75) is 50.2 Å². The highest BCUT2D eigenvalue weighted by Gasteiger charge is 2.33. The molecule has 1 aliphatic heterocycles. The normalized spacial score (nSPS) is 21.0. The Labute approximate surface area is 173 Å². The first-order chi connectivity index (χ1) is 13.4. The van der Waals surface area contributed by atoms with E-state index in [0.717, 1.165) is 23.1 Å². The molecule has 0 bridgehead atoms. The van der Waals surface area contributed by atoms with Crippen LogP contribution in [-0.4, -0.2) is 59.0 Å². The molecule has 0 radical (unpaired) electrons. The summed E-state index contributed by atoms with van der Waals surface area (Å²) in [4.78, 5) is 25.7. The Hall–Kier alpha value is -1.39. The van der Waals surface area contributed by atoms with Gasteiger partial charge in [0.15, 0.2) is 15.0 Å². The zero-order valence-electron chi connectivity index (χ0n) is 15.8. The average molecular weight is 441 g/mol. The molecule has 1 amide bonds. The Morgan fingerprint density at radius 3 is 2.82 bits per heavy atom. The van der Waals surface area contributed by atoms with E-state index in [4.69, 9.17) is 5.73 Å². The molecule has 0 saturated carbocycles. The number of aryl methyl sites for hydroxylation is 2. The lowest BCUT2D eigenvalue weighted by molar-refractivity contribution is -0.129. The molecule has 2 aromatic heterocycles. The molecular formula is C18H24N4O3S3. The van der Waals surface area contributed by atoms with E-state index < -0.39 is 9.84 Å². The molecule has 2 aliphatic rings. The topological polar surface area (TPSA) is 106 Å². The van der Waals surface area contributed by atoms with Crippen molar-refractivity contribution in [2.24, 2.45) is 0 Å². The Bertz CT molecular complexity index is 1020. The van der Waals surface area contributed by atoms with E-state index in [0.29, 0.717) is 23.9 Å². The predicted octanol–water partition coefficient (Wildman–Crippen LogP) is 2.28. The predicted molar refractivity (Wildman–Crippen MR) is 114 cm³/mol. The van der Waals surface area contributed by atoms with Crippen LogP contribution in [0.5, 0.6) is 0 Å². The lowest BCUT2D eigenvalue weighted by Crippen LogP contribution is -2.41. The van der Waals surface area contributed by atoms with Crippen molar-refractivity contribution >= 4 is 54.9 Å². The molecule has 1 fully saturated rings. The SMILES string of the molecule is CCN(C(=O)CSc1nc(N)c2c3c(sc2n1)CCCC3)C1CCS(=O)(=O)C1.